The SMILES string of the molecule is COc1cc2nc(N3CCCN(C(=O)N4CCOCC4)CC3)cc(N)c2c(-c2ccoc2)c1OC. The van der Waals surface area contributed by atoms with Crippen molar-refractivity contribution in [2.75, 3.05) is 77.3 Å². The normalized spacial score (nSPS) is 16.9. The molecule has 2 fully saturated rings. The first-order valence-electron chi connectivity index (χ1n) is 11.8. The number of rotatable bonds is 4. The van der Waals surface area contributed by atoms with Crippen molar-refractivity contribution in [1.82, 2.24) is 14.8 Å². The number of hydrogen-bond donors (Lipinski definition) is 1. The fourth-order valence-electron chi connectivity index (χ4n) is 4.86. The summed E-state index contributed by atoms with van der Waals surface area (Å²) in [6.45, 7) is 5.29. The monoisotopic (exact) mass is 481 g/mol. The molecule has 186 valence electrons. The number of amides is 2. The molecule has 0 unspecified atom stereocenters. The van der Waals surface area contributed by atoms with Crippen molar-refractivity contribution >= 4 is 28.4 Å². The van der Waals surface area contributed by atoms with Crippen LogP contribution in [0.3, 0.4) is 0 Å². The highest BCUT2D eigenvalue weighted by molar-refractivity contribution is 6.07. The minimum Gasteiger partial charge on any atom is -0.493 e. The zero-order valence-electron chi connectivity index (χ0n) is 20.2. The molecule has 4 heterocycles. The Bertz CT molecular complexity index is 1190. The second kappa shape index (κ2) is 9.91. The van der Waals surface area contributed by atoms with E-state index < -0.39 is 0 Å². The van der Waals surface area contributed by atoms with E-state index in [4.69, 9.17) is 29.3 Å². The molecule has 2 N–H and O–H groups in total. The third kappa shape index (κ3) is 4.41. The molecule has 0 bridgehead atoms. The number of methoxy groups -OCH3 is 2. The number of morpholine rings is 1. The predicted octanol–water partition coefficient (Wildman–Crippen LogP) is 3.06. The van der Waals surface area contributed by atoms with Crippen LogP contribution in [0.2, 0.25) is 0 Å². The number of pyridine rings is 1. The van der Waals surface area contributed by atoms with E-state index in [9.17, 15) is 4.79 Å². The van der Waals surface area contributed by atoms with Crippen LogP contribution < -0.4 is 20.1 Å². The van der Waals surface area contributed by atoms with E-state index in [1.807, 2.05) is 28.0 Å². The summed E-state index contributed by atoms with van der Waals surface area (Å²) in [4.78, 5) is 23.9. The van der Waals surface area contributed by atoms with Gasteiger partial charge in [-0.25, -0.2) is 9.78 Å². The van der Waals surface area contributed by atoms with Crippen molar-refractivity contribution in [3.05, 3.63) is 30.7 Å². The van der Waals surface area contributed by atoms with Gasteiger partial charge in [-0.3, -0.25) is 0 Å². The lowest BCUT2D eigenvalue weighted by molar-refractivity contribution is 0.0438. The van der Waals surface area contributed by atoms with Crippen molar-refractivity contribution in [2.45, 2.75) is 6.42 Å². The number of carbonyl (C=O) groups is 1. The molecule has 0 saturated carbocycles. The number of nitrogens with two attached hydrogens (primary N) is 1. The Hall–Kier alpha value is -3.66. The van der Waals surface area contributed by atoms with Crippen LogP contribution >= 0.6 is 0 Å². The Morgan fingerprint density at radius 1 is 1.03 bits per heavy atom. The van der Waals surface area contributed by atoms with Crippen LogP contribution in [0, 0.1) is 0 Å². The molecule has 0 aliphatic carbocycles. The summed E-state index contributed by atoms with van der Waals surface area (Å²) >= 11 is 0. The van der Waals surface area contributed by atoms with Crippen LogP contribution in [-0.2, 0) is 4.74 Å². The predicted molar refractivity (Wildman–Crippen MR) is 133 cm³/mol. The Morgan fingerprint density at radius 2 is 1.83 bits per heavy atom. The average molecular weight is 482 g/mol. The third-order valence-corrected chi connectivity index (χ3v) is 6.64. The van der Waals surface area contributed by atoms with Gasteiger partial charge >= 0.3 is 6.03 Å². The first kappa shape index (κ1) is 23.1. The van der Waals surface area contributed by atoms with Gasteiger partial charge in [0, 0.05) is 73.6 Å². The fraction of sp³-hybridized carbons (Fsp3) is 0.440. The number of hydrogen-bond acceptors (Lipinski definition) is 8. The van der Waals surface area contributed by atoms with E-state index in [1.165, 1.54) is 0 Å². The lowest BCUT2D eigenvalue weighted by atomic mass is 9.99. The van der Waals surface area contributed by atoms with E-state index in [2.05, 4.69) is 4.90 Å². The van der Waals surface area contributed by atoms with E-state index in [0.717, 1.165) is 35.3 Å². The molecule has 35 heavy (non-hydrogen) atoms. The molecule has 2 aliphatic heterocycles. The van der Waals surface area contributed by atoms with Crippen LogP contribution in [-0.4, -0.2) is 87.5 Å². The van der Waals surface area contributed by atoms with Gasteiger partial charge < -0.3 is 39.1 Å². The standard InChI is InChI=1S/C25H31N5O5/c1-32-20-15-19-23(22(24(20)33-2)17-4-11-35-16-17)18(26)14-21(27-19)28-5-3-6-29(8-7-28)25(31)30-9-12-34-13-10-30/h4,11,14-16H,3,5-10,12-13H2,1-2H3,(H2,26,27). The number of ether oxygens (including phenoxy) is 3. The number of urea groups is 1. The molecule has 10 nitrogen and oxygen atoms in total. The Balaban J connectivity index is 1.46. The molecular weight excluding hydrogens is 450 g/mol. The third-order valence-electron chi connectivity index (χ3n) is 6.64. The lowest BCUT2D eigenvalue weighted by Gasteiger charge is -2.32. The number of nitrogen functional groups attached to an aromatic ring is 1. The summed E-state index contributed by atoms with van der Waals surface area (Å²) in [7, 11) is 3.21. The maximum atomic E-state index is 13.0. The summed E-state index contributed by atoms with van der Waals surface area (Å²) in [5.41, 5.74) is 9.53. The summed E-state index contributed by atoms with van der Waals surface area (Å²) in [6.07, 6.45) is 4.11. The highest BCUT2D eigenvalue weighted by Gasteiger charge is 2.26. The largest absolute Gasteiger partial charge is 0.493 e. The first-order valence-corrected chi connectivity index (χ1v) is 11.8. The molecule has 2 aromatic heterocycles. The van der Waals surface area contributed by atoms with Crippen LogP contribution in [0.5, 0.6) is 11.5 Å². The maximum Gasteiger partial charge on any atom is 0.320 e. The highest BCUT2D eigenvalue weighted by atomic mass is 16.5. The molecule has 2 saturated heterocycles. The number of nitrogens with zero attached hydrogens (tertiary/aromatic N) is 4. The topological polar surface area (TPSA) is 107 Å². The smallest absolute Gasteiger partial charge is 0.320 e. The zero-order chi connectivity index (χ0) is 24.4. The van der Waals surface area contributed by atoms with E-state index >= 15 is 0 Å². The number of furan rings is 1. The summed E-state index contributed by atoms with van der Waals surface area (Å²) in [5.74, 6) is 1.93. The quantitative estimate of drug-likeness (QED) is 0.606. The van der Waals surface area contributed by atoms with E-state index in [0.29, 0.717) is 68.6 Å². The van der Waals surface area contributed by atoms with E-state index in [-0.39, 0.29) is 6.03 Å². The van der Waals surface area contributed by atoms with E-state index in [1.54, 1.807) is 26.7 Å². The summed E-state index contributed by atoms with van der Waals surface area (Å²) < 4.78 is 22.0. The molecule has 10 heteroatoms. The van der Waals surface area contributed by atoms with Gasteiger partial charge in [-0.15, -0.1) is 0 Å². The van der Waals surface area contributed by atoms with Crippen molar-refractivity contribution in [3.8, 4) is 22.6 Å². The molecule has 2 amide bonds. The maximum absolute atomic E-state index is 13.0. The van der Waals surface area contributed by atoms with Gasteiger partial charge in [-0.1, -0.05) is 0 Å². The lowest BCUT2D eigenvalue weighted by Crippen LogP contribution is -2.49. The van der Waals surface area contributed by atoms with Crippen LogP contribution in [0.1, 0.15) is 6.42 Å². The molecule has 3 aromatic rings. The van der Waals surface area contributed by atoms with Crippen molar-refractivity contribution in [2.24, 2.45) is 0 Å². The average Bonchev–Trinajstić information content (AvgIpc) is 3.31. The van der Waals surface area contributed by atoms with Gasteiger partial charge in [0.15, 0.2) is 11.5 Å². The number of anilines is 2. The molecule has 0 atom stereocenters. The van der Waals surface area contributed by atoms with Gasteiger partial charge in [0.2, 0.25) is 0 Å². The van der Waals surface area contributed by atoms with Gasteiger partial charge in [0.1, 0.15) is 5.82 Å². The second-order valence-corrected chi connectivity index (χ2v) is 8.67. The molecule has 0 spiro atoms. The Kier molecular flexibility index (Phi) is 6.54. The van der Waals surface area contributed by atoms with Gasteiger partial charge in [-0.05, 0) is 12.5 Å². The van der Waals surface area contributed by atoms with Crippen molar-refractivity contribution in [3.63, 3.8) is 0 Å². The molecule has 5 rings (SSSR count). The Morgan fingerprint density at radius 3 is 2.54 bits per heavy atom. The molecule has 0 radical (unpaired) electrons. The molecular formula is C25H31N5O5. The fourth-order valence-corrected chi connectivity index (χ4v) is 4.86. The van der Waals surface area contributed by atoms with Crippen LogP contribution in [0.4, 0.5) is 16.3 Å². The number of aromatic nitrogens is 1. The Labute approximate surface area is 204 Å². The summed E-state index contributed by atoms with van der Waals surface area (Å²) in [5, 5.41) is 0.784. The number of benzene rings is 1. The second-order valence-electron chi connectivity index (χ2n) is 8.67. The number of fused-ring (bicyclic) bond motifs is 1. The molecule has 2 aliphatic rings. The molecule has 1 aromatic carbocycles. The zero-order valence-corrected chi connectivity index (χ0v) is 20.2. The van der Waals surface area contributed by atoms with Crippen LogP contribution in [0.25, 0.3) is 22.0 Å². The number of carbonyl (C=O) groups excluding carboxylic acids is 1. The first-order chi connectivity index (χ1) is 17.1. The minimum absolute atomic E-state index is 0.0859. The minimum atomic E-state index is 0.0859. The van der Waals surface area contributed by atoms with Gasteiger partial charge in [0.05, 0.1) is 45.5 Å². The van der Waals surface area contributed by atoms with Crippen LogP contribution in [0.15, 0.2) is 35.1 Å². The van der Waals surface area contributed by atoms with Crippen molar-refractivity contribution in [1.29, 1.82) is 0 Å². The van der Waals surface area contributed by atoms with Gasteiger partial charge in [-0.2, -0.15) is 0 Å². The summed E-state index contributed by atoms with van der Waals surface area (Å²) in [6, 6.07) is 5.70. The highest BCUT2D eigenvalue weighted by Crippen LogP contribution is 2.46. The van der Waals surface area contributed by atoms with Gasteiger partial charge in [0.25, 0.3) is 0 Å². The van der Waals surface area contributed by atoms with Crippen molar-refractivity contribution < 1.29 is 23.4 Å².